The number of piperidine rings is 1. The predicted molar refractivity (Wildman–Crippen MR) is 103 cm³/mol. The number of hydrogen-bond acceptors (Lipinski definition) is 5. The summed E-state index contributed by atoms with van der Waals surface area (Å²) in [7, 11) is 0. The summed E-state index contributed by atoms with van der Waals surface area (Å²) in [5, 5.41) is 6.93. The first kappa shape index (κ1) is 18.9. The molecule has 0 saturated carbocycles. The van der Waals surface area contributed by atoms with Crippen LogP contribution in [0.3, 0.4) is 0 Å². The summed E-state index contributed by atoms with van der Waals surface area (Å²) in [4.78, 5) is 25.9. The highest BCUT2D eigenvalue weighted by molar-refractivity contribution is 5.93. The largest absolute Gasteiger partial charge is 0.490 e. The van der Waals surface area contributed by atoms with E-state index in [9.17, 15) is 14.0 Å². The second kappa shape index (κ2) is 7.90. The van der Waals surface area contributed by atoms with Crippen molar-refractivity contribution in [3.63, 3.8) is 0 Å². The Labute approximate surface area is 166 Å². The van der Waals surface area contributed by atoms with Gasteiger partial charge in [-0.15, -0.1) is 0 Å². The Morgan fingerprint density at radius 1 is 1.21 bits per heavy atom. The second-order valence-electron chi connectivity index (χ2n) is 7.01. The molecule has 7 nitrogen and oxygen atoms in total. The van der Waals surface area contributed by atoms with Gasteiger partial charge in [0.15, 0.2) is 0 Å². The fourth-order valence-electron chi connectivity index (χ4n) is 3.38. The smallest absolute Gasteiger partial charge is 0.339 e. The second-order valence-corrected chi connectivity index (χ2v) is 7.01. The van der Waals surface area contributed by atoms with Crippen molar-refractivity contribution in [3.8, 4) is 17.0 Å². The fraction of sp³-hybridized carbons (Fsp3) is 0.286. The third-order valence-electron chi connectivity index (χ3n) is 4.85. The normalized spacial score (nSPS) is 14.8. The zero-order valence-electron chi connectivity index (χ0n) is 15.9. The minimum absolute atomic E-state index is 0.0724. The first-order chi connectivity index (χ1) is 14.0. The fourth-order valence-corrected chi connectivity index (χ4v) is 3.38. The summed E-state index contributed by atoms with van der Waals surface area (Å²) in [5.41, 5.74) is 1.27. The number of nitrogens with one attached hydrogen (secondary N) is 1. The van der Waals surface area contributed by atoms with Gasteiger partial charge < -0.3 is 14.1 Å². The topological polar surface area (TPSA) is 88.4 Å². The lowest BCUT2D eigenvalue weighted by Crippen LogP contribution is -2.42. The monoisotopic (exact) mass is 397 g/mol. The van der Waals surface area contributed by atoms with Crippen molar-refractivity contribution in [2.24, 2.45) is 0 Å². The number of amides is 1. The maximum absolute atomic E-state index is 13.1. The number of rotatable bonds is 4. The molecule has 3 aromatic rings. The van der Waals surface area contributed by atoms with Crippen LogP contribution in [0.25, 0.3) is 11.3 Å². The molecule has 2 aromatic heterocycles. The van der Waals surface area contributed by atoms with Gasteiger partial charge in [-0.25, -0.2) is 9.18 Å². The molecule has 0 unspecified atom stereocenters. The third-order valence-corrected chi connectivity index (χ3v) is 4.85. The van der Waals surface area contributed by atoms with E-state index in [0.717, 1.165) is 5.56 Å². The molecule has 0 atom stereocenters. The summed E-state index contributed by atoms with van der Waals surface area (Å²) < 4.78 is 23.9. The van der Waals surface area contributed by atoms with E-state index in [4.69, 9.17) is 9.15 Å². The Balaban J connectivity index is 1.36. The first-order valence-electron chi connectivity index (χ1n) is 9.37. The first-order valence-corrected chi connectivity index (χ1v) is 9.37. The number of hydrogen-bond donors (Lipinski definition) is 1. The number of aryl methyl sites for hydroxylation is 1. The van der Waals surface area contributed by atoms with Crippen LogP contribution in [0.1, 0.15) is 29.1 Å². The van der Waals surface area contributed by atoms with Gasteiger partial charge in [0, 0.05) is 37.6 Å². The molecule has 150 valence electrons. The summed E-state index contributed by atoms with van der Waals surface area (Å²) >= 11 is 0. The Morgan fingerprint density at radius 3 is 2.62 bits per heavy atom. The van der Waals surface area contributed by atoms with Crippen molar-refractivity contribution in [1.29, 1.82) is 0 Å². The molecule has 29 heavy (non-hydrogen) atoms. The van der Waals surface area contributed by atoms with Crippen molar-refractivity contribution in [2.45, 2.75) is 25.9 Å². The van der Waals surface area contributed by atoms with Crippen molar-refractivity contribution in [1.82, 2.24) is 15.1 Å². The molecule has 3 heterocycles. The average molecular weight is 397 g/mol. The summed E-state index contributed by atoms with van der Waals surface area (Å²) in [6, 6.07) is 10.6. The molecule has 1 aliphatic rings. The van der Waals surface area contributed by atoms with E-state index in [1.165, 1.54) is 18.2 Å². The maximum atomic E-state index is 13.1. The number of carbonyl (C=O) groups is 1. The Hall–Kier alpha value is -3.42. The number of aromatic nitrogens is 2. The lowest BCUT2D eigenvalue weighted by molar-refractivity contribution is 0.0589. The molecule has 0 bridgehead atoms. The molecular weight excluding hydrogens is 377 g/mol. The van der Waals surface area contributed by atoms with Gasteiger partial charge in [0.1, 0.15) is 29.1 Å². The van der Waals surface area contributed by atoms with Crippen molar-refractivity contribution < 1.29 is 18.3 Å². The summed E-state index contributed by atoms with van der Waals surface area (Å²) in [6.45, 7) is 2.77. The van der Waals surface area contributed by atoms with E-state index in [1.54, 1.807) is 36.1 Å². The standard InChI is InChI=1S/C21H20FN3O4/c1-13-10-17(11-20(26)28-13)29-16-6-8-25(9-7-16)21(27)19-12-18(23-24-19)14-2-4-15(22)5-3-14/h2-5,10-12,16H,6-9H2,1H3,(H,23,24). The molecule has 0 radical (unpaired) electrons. The number of aromatic amines is 1. The summed E-state index contributed by atoms with van der Waals surface area (Å²) in [5.74, 6) is 0.523. The van der Waals surface area contributed by atoms with Gasteiger partial charge in [-0.3, -0.25) is 9.89 Å². The molecule has 1 saturated heterocycles. The molecular formula is C21H20FN3O4. The van der Waals surface area contributed by atoms with Gasteiger partial charge in [-0.05, 0) is 37.3 Å². The number of carbonyl (C=O) groups excluding carboxylic acids is 1. The van der Waals surface area contributed by atoms with Crippen LogP contribution < -0.4 is 10.4 Å². The zero-order valence-corrected chi connectivity index (χ0v) is 15.9. The summed E-state index contributed by atoms with van der Waals surface area (Å²) in [6.07, 6.45) is 1.24. The molecule has 4 rings (SSSR count). The van der Waals surface area contributed by atoms with Gasteiger partial charge in [0.05, 0.1) is 11.8 Å². The molecule has 0 spiro atoms. The van der Waals surface area contributed by atoms with E-state index >= 15 is 0 Å². The molecule has 1 N–H and O–H groups in total. The minimum atomic E-state index is -0.441. The van der Waals surface area contributed by atoms with Gasteiger partial charge in [0.2, 0.25) is 0 Å². The number of likely N-dealkylation sites (tertiary alicyclic amines) is 1. The maximum Gasteiger partial charge on any atom is 0.339 e. The van der Waals surface area contributed by atoms with E-state index in [2.05, 4.69) is 10.2 Å². The Morgan fingerprint density at radius 2 is 1.93 bits per heavy atom. The van der Waals surface area contributed by atoms with E-state index in [0.29, 0.717) is 48.8 Å². The Bertz CT molecular complexity index is 1070. The highest BCUT2D eigenvalue weighted by atomic mass is 19.1. The van der Waals surface area contributed by atoms with Crippen LogP contribution in [0.4, 0.5) is 4.39 Å². The highest BCUT2D eigenvalue weighted by Crippen LogP contribution is 2.22. The van der Waals surface area contributed by atoms with Crippen LogP contribution in [-0.2, 0) is 0 Å². The molecule has 1 amide bonds. The zero-order chi connectivity index (χ0) is 20.4. The van der Waals surface area contributed by atoms with Gasteiger partial charge in [-0.2, -0.15) is 5.10 Å². The van der Waals surface area contributed by atoms with E-state index < -0.39 is 5.63 Å². The number of benzene rings is 1. The lowest BCUT2D eigenvalue weighted by Gasteiger charge is -2.31. The van der Waals surface area contributed by atoms with Crippen molar-refractivity contribution in [2.75, 3.05) is 13.1 Å². The lowest BCUT2D eigenvalue weighted by atomic mass is 10.1. The number of ether oxygens (including phenoxy) is 1. The van der Waals surface area contributed by atoms with Crippen molar-refractivity contribution >= 4 is 5.91 Å². The average Bonchev–Trinajstić information content (AvgIpc) is 3.18. The van der Waals surface area contributed by atoms with Crippen LogP contribution in [0.2, 0.25) is 0 Å². The number of nitrogens with zero attached hydrogens (tertiary/aromatic N) is 2. The van der Waals surface area contributed by atoms with Gasteiger partial charge >= 0.3 is 5.63 Å². The van der Waals surface area contributed by atoms with Crippen LogP contribution in [0.15, 0.2) is 51.7 Å². The quantitative estimate of drug-likeness (QED) is 0.731. The molecule has 1 aliphatic heterocycles. The molecule has 8 heteroatoms. The van der Waals surface area contributed by atoms with Crippen LogP contribution in [0.5, 0.6) is 5.75 Å². The van der Waals surface area contributed by atoms with Crippen molar-refractivity contribution in [3.05, 3.63) is 70.2 Å². The van der Waals surface area contributed by atoms with Crippen LogP contribution >= 0.6 is 0 Å². The SMILES string of the molecule is Cc1cc(OC2CCN(C(=O)c3cc(-c4ccc(F)cc4)n[nH]3)CC2)cc(=O)o1. The molecule has 1 fully saturated rings. The van der Waals surface area contributed by atoms with Crippen LogP contribution in [-0.4, -0.2) is 40.2 Å². The van der Waals surface area contributed by atoms with Gasteiger partial charge in [-0.1, -0.05) is 0 Å². The molecule has 0 aliphatic carbocycles. The van der Waals surface area contributed by atoms with Crippen LogP contribution in [0, 0.1) is 12.7 Å². The highest BCUT2D eigenvalue weighted by Gasteiger charge is 2.26. The van der Waals surface area contributed by atoms with E-state index in [-0.39, 0.29) is 17.8 Å². The number of halogens is 1. The number of H-pyrrole nitrogens is 1. The minimum Gasteiger partial charge on any atom is -0.490 e. The van der Waals surface area contributed by atoms with Gasteiger partial charge in [0.25, 0.3) is 5.91 Å². The third kappa shape index (κ3) is 4.37. The molecule has 1 aromatic carbocycles. The van der Waals surface area contributed by atoms with E-state index in [1.807, 2.05) is 0 Å². The predicted octanol–water partition coefficient (Wildman–Crippen LogP) is 3.16. The Kier molecular flexibility index (Phi) is 5.16.